The maximum Gasteiger partial charge on any atom is 0.223 e. The molecule has 3 aromatic rings. The number of oxazole rings is 1. The first-order valence-corrected chi connectivity index (χ1v) is 10.00. The van der Waals surface area contributed by atoms with Gasteiger partial charge in [-0.05, 0) is 48.5 Å². The Balaban J connectivity index is 1.26. The summed E-state index contributed by atoms with van der Waals surface area (Å²) in [4.78, 5) is 21.0. The second kappa shape index (κ2) is 8.98. The van der Waals surface area contributed by atoms with Crippen LogP contribution in [-0.4, -0.2) is 49.1 Å². The van der Waals surface area contributed by atoms with E-state index in [0.29, 0.717) is 37.6 Å². The van der Waals surface area contributed by atoms with Gasteiger partial charge in [0.05, 0.1) is 13.3 Å². The SMILES string of the molecule is COc1ccc(N2CCN(C(=O)CCc3ncc(-c4ccc(F)cc4)o3)CC2)cc1. The molecule has 7 heteroatoms. The quantitative estimate of drug-likeness (QED) is 0.620. The van der Waals surface area contributed by atoms with Crippen LogP contribution in [0.2, 0.25) is 0 Å². The van der Waals surface area contributed by atoms with E-state index in [1.807, 2.05) is 29.2 Å². The molecule has 1 amide bonds. The summed E-state index contributed by atoms with van der Waals surface area (Å²) < 4.78 is 24.0. The molecule has 0 bridgehead atoms. The van der Waals surface area contributed by atoms with Crippen molar-refractivity contribution in [3.63, 3.8) is 0 Å². The van der Waals surface area contributed by atoms with Crippen molar-refractivity contribution in [3.8, 4) is 17.1 Å². The molecule has 30 heavy (non-hydrogen) atoms. The smallest absolute Gasteiger partial charge is 0.223 e. The van der Waals surface area contributed by atoms with Crippen molar-refractivity contribution in [1.29, 1.82) is 0 Å². The zero-order valence-corrected chi connectivity index (χ0v) is 16.9. The Morgan fingerprint density at radius 2 is 1.77 bits per heavy atom. The zero-order chi connectivity index (χ0) is 20.9. The van der Waals surface area contributed by atoms with Crippen LogP contribution in [0.25, 0.3) is 11.3 Å². The van der Waals surface area contributed by atoms with E-state index in [0.717, 1.165) is 30.1 Å². The van der Waals surface area contributed by atoms with E-state index >= 15 is 0 Å². The number of nitrogens with zero attached hydrogens (tertiary/aromatic N) is 3. The fourth-order valence-electron chi connectivity index (χ4n) is 3.55. The van der Waals surface area contributed by atoms with Crippen molar-refractivity contribution in [2.45, 2.75) is 12.8 Å². The predicted octanol–water partition coefficient (Wildman–Crippen LogP) is 3.77. The minimum atomic E-state index is -0.295. The van der Waals surface area contributed by atoms with Gasteiger partial charge >= 0.3 is 0 Å². The molecule has 0 saturated carbocycles. The lowest BCUT2D eigenvalue weighted by molar-refractivity contribution is -0.131. The summed E-state index contributed by atoms with van der Waals surface area (Å²) >= 11 is 0. The number of anilines is 1. The molecule has 0 spiro atoms. The van der Waals surface area contributed by atoms with Gasteiger partial charge in [0, 0.05) is 50.3 Å². The minimum absolute atomic E-state index is 0.103. The van der Waals surface area contributed by atoms with Crippen LogP contribution in [0, 0.1) is 5.82 Å². The Kier molecular flexibility index (Phi) is 5.97. The number of aromatic nitrogens is 1. The number of ether oxygens (including phenoxy) is 1. The summed E-state index contributed by atoms with van der Waals surface area (Å²) in [6, 6.07) is 14.0. The molecular weight excluding hydrogens is 385 g/mol. The van der Waals surface area contributed by atoms with Gasteiger partial charge in [0.15, 0.2) is 11.7 Å². The molecule has 0 aliphatic carbocycles. The Morgan fingerprint density at radius 3 is 2.43 bits per heavy atom. The number of carbonyl (C=O) groups excluding carboxylic acids is 1. The molecule has 1 saturated heterocycles. The molecule has 1 aliphatic heterocycles. The molecule has 0 N–H and O–H groups in total. The van der Waals surface area contributed by atoms with Gasteiger partial charge in [0.25, 0.3) is 0 Å². The van der Waals surface area contributed by atoms with Crippen molar-refractivity contribution < 1.29 is 18.3 Å². The van der Waals surface area contributed by atoms with E-state index in [2.05, 4.69) is 9.88 Å². The van der Waals surface area contributed by atoms with E-state index in [9.17, 15) is 9.18 Å². The van der Waals surface area contributed by atoms with Crippen LogP contribution >= 0.6 is 0 Å². The second-order valence-electron chi connectivity index (χ2n) is 7.19. The summed E-state index contributed by atoms with van der Waals surface area (Å²) in [7, 11) is 1.65. The van der Waals surface area contributed by atoms with Crippen molar-refractivity contribution >= 4 is 11.6 Å². The van der Waals surface area contributed by atoms with Crippen LogP contribution in [0.4, 0.5) is 10.1 Å². The van der Waals surface area contributed by atoms with Gasteiger partial charge < -0.3 is 19.0 Å². The van der Waals surface area contributed by atoms with Crippen LogP contribution in [0.15, 0.2) is 59.1 Å². The van der Waals surface area contributed by atoms with Crippen LogP contribution in [0.5, 0.6) is 5.75 Å². The van der Waals surface area contributed by atoms with E-state index in [4.69, 9.17) is 9.15 Å². The van der Waals surface area contributed by atoms with Gasteiger partial charge in [-0.3, -0.25) is 4.79 Å². The molecule has 0 radical (unpaired) electrons. The highest BCUT2D eigenvalue weighted by Crippen LogP contribution is 2.22. The number of hydrogen-bond donors (Lipinski definition) is 0. The van der Waals surface area contributed by atoms with Crippen LogP contribution in [-0.2, 0) is 11.2 Å². The number of benzene rings is 2. The molecule has 0 unspecified atom stereocenters. The molecular formula is C23H24FN3O3. The Morgan fingerprint density at radius 1 is 1.07 bits per heavy atom. The van der Waals surface area contributed by atoms with E-state index in [1.54, 1.807) is 25.4 Å². The average Bonchev–Trinajstić information content (AvgIpc) is 3.27. The van der Waals surface area contributed by atoms with Gasteiger partial charge in [-0.1, -0.05) is 0 Å². The Hall–Kier alpha value is -3.35. The highest BCUT2D eigenvalue weighted by atomic mass is 19.1. The molecule has 4 rings (SSSR count). The third-order valence-corrected chi connectivity index (χ3v) is 5.30. The molecule has 1 aromatic heterocycles. The number of carbonyl (C=O) groups is 1. The number of methoxy groups -OCH3 is 1. The molecule has 6 nitrogen and oxygen atoms in total. The maximum atomic E-state index is 13.0. The van der Waals surface area contributed by atoms with Crippen molar-refractivity contribution in [2.24, 2.45) is 0 Å². The molecule has 0 atom stereocenters. The lowest BCUT2D eigenvalue weighted by Gasteiger charge is -2.36. The van der Waals surface area contributed by atoms with Crippen LogP contribution in [0.1, 0.15) is 12.3 Å². The monoisotopic (exact) mass is 409 g/mol. The first kappa shape index (κ1) is 19.9. The summed E-state index contributed by atoms with van der Waals surface area (Å²) in [5.41, 5.74) is 1.90. The Labute approximate surface area is 174 Å². The fourth-order valence-corrected chi connectivity index (χ4v) is 3.55. The van der Waals surface area contributed by atoms with Crippen LogP contribution < -0.4 is 9.64 Å². The topological polar surface area (TPSA) is 58.8 Å². The summed E-state index contributed by atoms with van der Waals surface area (Å²) in [5, 5.41) is 0. The van der Waals surface area contributed by atoms with Gasteiger partial charge in [-0.25, -0.2) is 9.37 Å². The lowest BCUT2D eigenvalue weighted by atomic mass is 10.2. The molecule has 2 heterocycles. The average molecular weight is 409 g/mol. The number of piperazine rings is 1. The highest BCUT2D eigenvalue weighted by Gasteiger charge is 2.21. The van der Waals surface area contributed by atoms with Crippen LogP contribution in [0.3, 0.4) is 0 Å². The minimum Gasteiger partial charge on any atom is -0.497 e. The van der Waals surface area contributed by atoms with E-state index in [1.165, 1.54) is 12.1 Å². The highest BCUT2D eigenvalue weighted by molar-refractivity contribution is 5.76. The maximum absolute atomic E-state index is 13.0. The number of aryl methyl sites for hydroxylation is 1. The third kappa shape index (κ3) is 4.62. The van der Waals surface area contributed by atoms with Gasteiger partial charge in [0.2, 0.25) is 5.91 Å². The third-order valence-electron chi connectivity index (χ3n) is 5.30. The second-order valence-corrected chi connectivity index (χ2v) is 7.19. The van der Waals surface area contributed by atoms with E-state index in [-0.39, 0.29) is 11.7 Å². The van der Waals surface area contributed by atoms with Crippen molar-refractivity contribution in [3.05, 3.63) is 66.4 Å². The molecule has 1 aliphatic rings. The summed E-state index contributed by atoms with van der Waals surface area (Å²) in [5.74, 6) is 1.73. The molecule has 1 fully saturated rings. The Bertz CT molecular complexity index is 978. The summed E-state index contributed by atoms with van der Waals surface area (Å²) in [6.07, 6.45) is 2.41. The normalized spacial score (nSPS) is 14.1. The fraction of sp³-hybridized carbons (Fsp3) is 0.304. The zero-order valence-electron chi connectivity index (χ0n) is 16.9. The largest absolute Gasteiger partial charge is 0.497 e. The molecule has 156 valence electrons. The predicted molar refractivity (Wildman–Crippen MR) is 112 cm³/mol. The van der Waals surface area contributed by atoms with Gasteiger partial charge in [0.1, 0.15) is 11.6 Å². The first-order valence-electron chi connectivity index (χ1n) is 10.00. The number of amides is 1. The number of rotatable bonds is 6. The number of hydrogen-bond acceptors (Lipinski definition) is 5. The van der Waals surface area contributed by atoms with Gasteiger partial charge in [-0.2, -0.15) is 0 Å². The van der Waals surface area contributed by atoms with Crippen molar-refractivity contribution in [1.82, 2.24) is 9.88 Å². The van der Waals surface area contributed by atoms with E-state index < -0.39 is 0 Å². The molecule has 2 aromatic carbocycles. The first-order chi connectivity index (χ1) is 14.6. The summed E-state index contributed by atoms with van der Waals surface area (Å²) in [6.45, 7) is 2.98. The number of halogens is 1. The standard InChI is InChI=1S/C23H24FN3O3/c1-29-20-8-6-19(7-9-20)26-12-14-27(15-13-26)23(28)11-10-22-25-16-21(30-22)17-2-4-18(24)5-3-17/h2-9,16H,10-15H2,1H3. The van der Waals surface area contributed by atoms with Gasteiger partial charge in [-0.15, -0.1) is 0 Å². The van der Waals surface area contributed by atoms with Crippen molar-refractivity contribution in [2.75, 3.05) is 38.2 Å². The lowest BCUT2D eigenvalue weighted by Crippen LogP contribution is -2.48.